The van der Waals surface area contributed by atoms with Crippen LogP contribution in [0.3, 0.4) is 0 Å². The maximum atomic E-state index is 12.6. The molecule has 0 saturated heterocycles. The summed E-state index contributed by atoms with van der Waals surface area (Å²) in [6.07, 6.45) is -0.424. The number of hydrogen-bond donors (Lipinski definition) is 0. The van der Waals surface area contributed by atoms with E-state index in [9.17, 15) is 4.79 Å². The van der Waals surface area contributed by atoms with Gasteiger partial charge in [0.05, 0.1) is 6.54 Å². The van der Waals surface area contributed by atoms with Crippen LogP contribution in [0.4, 0.5) is 10.5 Å². The van der Waals surface area contributed by atoms with Gasteiger partial charge in [-0.15, -0.1) is 6.07 Å². The van der Waals surface area contributed by atoms with Crippen molar-refractivity contribution in [3.63, 3.8) is 0 Å². The SMILES string of the molecule is [CH2-]c1ccccc1N([CH]c1ccccc1)C(=O)OC(C)(C)C.[Co]. The Bertz CT molecular complexity index is 635. The van der Waals surface area contributed by atoms with Crippen LogP contribution < -0.4 is 4.90 Å². The summed E-state index contributed by atoms with van der Waals surface area (Å²) in [5.41, 5.74) is 1.83. The third-order valence-electron chi connectivity index (χ3n) is 2.92. The van der Waals surface area contributed by atoms with Gasteiger partial charge < -0.3 is 9.64 Å². The fraction of sp³-hybridized carbons (Fsp3) is 0.211. The average molecular weight is 354 g/mol. The molecule has 0 aliphatic heterocycles. The van der Waals surface area contributed by atoms with Gasteiger partial charge in [0.1, 0.15) is 5.60 Å². The number of nitrogens with zero attached hydrogens (tertiary/aromatic N) is 1. The van der Waals surface area contributed by atoms with Crippen LogP contribution >= 0.6 is 0 Å². The number of carbonyl (C=O) groups is 1. The maximum Gasteiger partial charge on any atom is 0.404 e. The second-order valence-corrected chi connectivity index (χ2v) is 6.02. The summed E-state index contributed by atoms with van der Waals surface area (Å²) in [5.74, 6) is 0. The largest absolute Gasteiger partial charge is 0.444 e. The number of para-hydroxylation sites is 1. The molecule has 0 bridgehead atoms. The van der Waals surface area contributed by atoms with Gasteiger partial charge in [0.2, 0.25) is 0 Å². The third-order valence-corrected chi connectivity index (χ3v) is 2.92. The predicted octanol–water partition coefficient (Wildman–Crippen LogP) is 4.82. The molecule has 0 atom stereocenters. The Morgan fingerprint density at radius 2 is 1.61 bits per heavy atom. The molecule has 1 amide bonds. The standard InChI is InChI=1S/C19H21NO2.Co/c1-15-10-8-9-13-17(15)20(18(21)22-19(2,3)4)14-16-11-6-5-7-12-16;/h5-14H,1H2,2-4H3;/q-1;. The fourth-order valence-electron chi connectivity index (χ4n) is 1.97. The van der Waals surface area contributed by atoms with Gasteiger partial charge in [-0.05, 0) is 26.3 Å². The molecule has 0 aliphatic rings. The number of anilines is 1. The van der Waals surface area contributed by atoms with Crippen molar-refractivity contribution < 1.29 is 26.3 Å². The van der Waals surface area contributed by atoms with Gasteiger partial charge in [0.25, 0.3) is 0 Å². The van der Waals surface area contributed by atoms with Crippen molar-refractivity contribution in [1.82, 2.24) is 0 Å². The molecule has 0 unspecified atom stereocenters. The van der Waals surface area contributed by atoms with Crippen LogP contribution in [-0.2, 0) is 21.5 Å². The summed E-state index contributed by atoms with van der Waals surface area (Å²) in [4.78, 5) is 14.1. The first kappa shape index (κ1) is 19.1. The van der Waals surface area contributed by atoms with Crippen LogP contribution in [0, 0.1) is 13.5 Å². The number of hydrogen-bond acceptors (Lipinski definition) is 2. The topological polar surface area (TPSA) is 29.5 Å². The van der Waals surface area contributed by atoms with Crippen molar-refractivity contribution >= 4 is 11.8 Å². The number of ether oxygens (including phenoxy) is 1. The Morgan fingerprint density at radius 1 is 1.04 bits per heavy atom. The van der Waals surface area contributed by atoms with E-state index in [2.05, 4.69) is 6.92 Å². The van der Waals surface area contributed by atoms with Crippen molar-refractivity contribution in [2.75, 3.05) is 4.90 Å². The summed E-state index contributed by atoms with van der Waals surface area (Å²) in [6, 6.07) is 17.1. The molecule has 4 heteroatoms. The summed E-state index contributed by atoms with van der Waals surface area (Å²) in [5, 5.41) is 0. The minimum Gasteiger partial charge on any atom is -0.444 e. The molecule has 2 rings (SSSR count). The van der Waals surface area contributed by atoms with E-state index in [-0.39, 0.29) is 16.8 Å². The monoisotopic (exact) mass is 354 g/mol. The van der Waals surface area contributed by atoms with Crippen molar-refractivity contribution in [3.8, 4) is 0 Å². The second kappa shape index (κ2) is 8.08. The van der Waals surface area contributed by atoms with Crippen molar-refractivity contribution in [1.29, 1.82) is 0 Å². The quantitative estimate of drug-likeness (QED) is 0.740. The molecule has 2 aromatic carbocycles. The van der Waals surface area contributed by atoms with Gasteiger partial charge in [0.15, 0.2) is 0 Å². The molecule has 23 heavy (non-hydrogen) atoms. The molecule has 0 spiro atoms. The van der Waals surface area contributed by atoms with Gasteiger partial charge in [0, 0.05) is 16.8 Å². The Hall–Kier alpha value is -1.91. The number of amides is 1. The van der Waals surface area contributed by atoms with E-state index in [4.69, 9.17) is 4.74 Å². The number of carbonyl (C=O) groups excluding carboxylic acids is 1. The molecule has 0 aromatic heterocycles. The van der Waals surface area contributed by atoms with Crippen LogP contribution in [0.5, 0.6) is 0 Å². The summed E-state index contributed by atoms with van der Waals surface area (Å²) >= 11 is 0. The first-order valence-electron chi connectivity index (χ1n) is 7.20. The third kappa shape index (κ3) is 5.66. The minimum absolute atomic E-state index is 0. The molecule has 0 saturated carbocycles. The molecule has 0 heterocycles. The first-order chi connectivity index (χ1) is 10.4. The second-order valence-electron chi connectivity index (χ2n) is 6.02. The molecule has 124 valence electrons. The van der Waals surface area contributed by atoms with Crippen LogP contribution in [0.2, 0.25) is 0 Å². The average Bonchev–Trinajstić information content (AvgIpc) is 2.45. The maximum absolute atomic E-state index is 12.6. The van der Waals surface area contributed by atoms with Crippen molar-refractivity contribution in [2.24, 2.45) is 0 Å². The van der Waals surface area contributed by atoms with E-state index in [1.165, 1.54) is 4.90 Å². The Balaban J connectivity index is 0.00000264. The van der Waals surface area contributed by atoms with Crippen LogP contribution in [0.15, 0.2) is 54.6 Å². The summed E-state index contributed by atoms with van der Waals surface area (Å²) in [6.45, 7) is 11.3. The van der Waals surface area contributed by atoms with Gasteiger partial charge in [-0.2, -0.15) is 18.6 Å². The molecule has 3 nitrogen and oxygen atoms in total. The smallest absolute Gasteiger partial charge is 0.404 e. The van der Waals surface area contributed by atoms with Crippen molar-refractivity contribution in [3.05, 3.63) is 79.2 Å². The Morgan fingerprint density at radius 3 is 2.17 bits per heavy atom. The van der Waals surface area contributed by atoms with Gasteiger partial charge in [-0.3, -0.25) is 0 Å². The fourth-order valence-corrected chi connectivity index (χ4v) is 1.97. The van der Waals surface area contributed by atoms with Crippen molar-refractivity contribution in [2.45, 2.75) is 26.4 Å². The predicted molar refractivity (Wildman–Crippen MR) is 89.5 cm³/mol. The van der Waals surface area contributed by atoms with E-state index >= 15 is 0 Å². The minimum atomic E-state index is -0.560. The van der Waals surface area contributed by atoms with Gasteiger partial charge >= 0.3 is 6.09 Å². The van der Waals surface area contributed by atoms with E-state index in [0.717, 1.165) is 11.1 Å². The molecule has 2 radical (unpaired) electrons. The van der Waals surface area contributed by atoms with Gasteiger partial charge in [-0.25, -0.2) is 4.79 Å². The van der Waals surface area contributed by atoms with Gasteiger partial charge in [-0.1, -0.05) is 48.2 Å². The molecule has 0 fully saturated rings. The molecular formula is C19H21CoNO2-. The van der Waals surface area contributed by atoms with E-state index < -0.39 is 11.7 Å². The normalized spacial score (nSPS) is 10.6. The Kier molecular flexibility index (Phi) is 6.72. The number of benzene rings is 2. The van der Waals surface area contributed by atoms with E-state index in [1.54, 1.807) is 6.54 Å². The molecule has 0 aliphatic carbocycles. The Labute approximate surface area is 148 Å². The van der Waals surface area contributed by atoms with E-state index in [1.807, 2.05) is 75.4 Å². The number of rotatable bonds is 3. The zero-order valence-corrected chi connectivity index (χ0v) is 14.6. The molecule has 2 aromatic rings. The summed E-state index contributed by atoms with van der Waals surface area (Å²) in [7, 11) is 0. The zero-order chi connectivity index (χ0) is 16.2. The van der Waals surface area contributed by atoms with Crippen LogP contribution in [0.1, 0.15) is 31.9 Å². The van der Waals surface area contributed by atoms with Crippen LogP contribution in [-0.4, -0.2) is 11.7 Å². The van der Waals surface area contributed by atoms with Crippen LogP contribution in [0.25, 0.3) is 0 Å². The first-order valence-corrected chi connectivity index (χ1v) is 7.20. The van der Waals surface area contributed by atoms with E-state index in [0.29, 0.717) is 5.69 Å². The molecule has 0 N–H and O–H groups in total. The zero-order valence-electron chi connectivity index (χ0n) is 13.6. The summed E-state index contributed by atoms with van der Waals surface area (Å²) < 4.78 is 5.51. The molecular weight excluding hydrogens is 333 g/mol.